The van der Waals surface area contributed by atoms with Crippen LogP contribution in [0.15, 0.2) is 11.4 Å². The quantitative estimate of drug-likeness (QED) is 0.759. The minimum Gasteiger partial charge on any atom is -0.380 e. The van der Waals surface area contributed by atoms with Gasteiger partial charge in [0.2, 0.25) is 5.91 Å². The standard InChI is InChI=1S/C11H18N2O2S/c1-3-15-6-8(2)13-5-10-4-9(7-16-10)11(12)14/h4,7-8,13H,3,5-6H2,1-2H3,(H2,12,14). The predicted molar refractivity (Wildman–Crippen MR) is 65.6 cm³/mol. The topological polar surface area (TPSA) is 64.3 Å². The molecule has 1 aromatic heterocycles. The molecular formula is C11H18N2O2S. The van der Waals surface area contributed by atoms with Gasteiger partial charge in [-0.25, -0.2) is 0 Å². The highest BCUT2D eigenvalue weighted by Crippen LogP contribution is 2.13. The highest BCUT2D eigenvalue weighted by molar-refractivity contribution is 7.10. The number of primary amides is 1. The van der Waals surface area contributed by atoms with Crippen LogP contribution in [0.1, 0.15) is 29.1 Å². The molecule has 0 spiro atoms. The van der Waals surface area contributed by atoms with Crippen LogP contribution in [0.25, 0.3) is 0 Å². The van der Waals surface area contributed by atoms with Crippen LogP contribution in [0.2, 0.25) is 0 Å². The zero-order chi connectivity index (χ0) is 12.0. The van der Waals surface area contributed by atoms with Gasteiger partial charge in [0.25, 0.3) is 0 Å². The Hall–Kier alpha value is -0.910. The molecule has 0 bridgehead atoms. The first-order valence-electron chi connectivity index (χ1n) is 5.31. The molecule has 0 aliphatic rings. The molecule has 0 saturated carbocycles. The molecule has 1 heterocycles. The zero-order valence-electron chi connectivity index (χ0n) is 9.66. The smallest absolute Gasteiger partial charge is 0.249 e. The summed E-state index contributed by atoms with van der Waals surface area (Å²) < 4.78 is 5.29. The van der Waals surface area contributed by atoms with E-state index in [-0.39, 0.29) is 5.91 Å². The molecular weight excluding hydrogens is 224 g/mol. The molecule has 1 unspecified atom stereocenters. The number of hydrogen-bond donors (Lipinski definition) is 2. The third kappa shape index (κ3) is 4.30. The van der Waals surface area contributed by atoms with Crippen LogP contribution in [-0.4, -0.2) is 25.2 Å². The SMILES string of the molecule is CCOCC(C)NCc1cc(C(N)=O)cs1. The summed E-state index contributed by atoms with van der Waals surface area (Å²) >= 11 is 1.54. The molecule has 0 radical (unpaired) electrons. The Labute approximate surface area is 99.8 Å². The van der Waals surface area contributed by atoms with Gasteiger partial charge in [-0.1, -0.05) is 0 Å². The second-order valence-corrected chi connectivity index (χ2v) is 4.60. The van der Waals surface area contributed by atoms with Crippen LogP contribution in [0.4, 0.5) is 0 Å². The Morgan fingerprint density at radius 2 is 2.44 bits per heavy atom. The molecule has 1 rings (SSSR count). The fourth-order valence-corrected chi connectivity index (χ4v) is 2.06. The van der Waals surface area contributed by atoms with E-state index in [1.165, 1.54) is 11.3 Å². The maximum atomic E-state index is 10.9. The minimum atomic E-state index is -0.370. The predicted octanol–water partition coefficient (Wildman–Crippen LogP) is 1.36. The molecule has 0 aliphatic heterocycles. The highest BCUT2D eigenvalue weighted by atomic mass is 32.1. The van der Waals surface area contributed by atoms with Crippen LogP contribution in [-0.2, 0) is 11.3 Å². The molecule has 4 nitrogen and oxygen atoms in total. The van der Waals surface area contributed by atoms with Crippen molar-refractivity contribution in [1.82, 2.24) is 5.32 Å². The summed E-state index contributed by atoms with van der Waals surface area (Å²) in [5, 5.41) is 5.10. The maximum absolute atomic E-state index is 10.9. The van der Waals surface area contributed by atoms with Gasteiger partial charge in [0, 0.05) is 29.5 Å². The van der Waals surface area contributed by atoms with E-state index >= 15 is 0 Å². The van der Waals surface area contributed by atoms with Crippen molar-refractivity contribution in [1.29, 1.82) is 0 Å². The van der Waals surface area contributed by atoms with Crippen molar-refractivity contribution >= 4 is 17.2 Å². The molecule has 90 valence electrons. The van der Waals surface area contributed by atoms with E-state index in [0.717, 1.165) is 18.0 Å². The first-order chi connectivity index (χ1) is 7.63. The van der Waals surface area contributed by atoms with Gasteiger partial charge < -0.3 is 15.8 Å². The Morgan fingerprint density at radius 3 is 3.00 bits per heavy atom. The lowest BCUT2D eigenvalue weighted by atomic mass is 10.3. The summed E-state index contributed by atoms with van der Waals surface area (Å²) in [7, 11) is 0. The van der Waals surface area contributed by atoms with Crippen molar-refractivity contribution < 1.29 is 9.53 Å². The molecule has 1 aromatic rings. The lowest BCUT2D eigenvalue weighted by molar-refractivity contribution is 0.100. The van der Waals surface area contributed by atoms with Crippen molar-refractivity contribution in [3.63, 3.8) is 0 Å². The highest BCUT2D eigenvalue weighted by Gasteiger charge is 2.06. The van der Waals surface area contributed by atoms with E-state index in [1.807, 2.05) is 13.0 Å². The first-order valence-corrected chi connectivity index (χ1v) is 6.19. The van der Waals surface area contributed by atoms with E-state index in [2.05, 4.69) is 12.2 Å². The number of rotatable bonds is 7. The summed E-state index contributed by atoms with van der Waals surface area (Å²) in [6.45, 7) is 6.22. The monoisotopic (exact) mass is 242 g/mol. The number of thiophene rings is 1. The van der Waals surface area contributed by atoms with Crippen LogP contribution >= 0.6 is 11.3 Å². The van der Waals surface area contributed by atoms with Gasteiger partial charge in [0.05, 0.1) is 12.2 Å². The largest absolute Gasteiger partial charge is 0.380 e. The van der Waals surface area contributed by atoms with Gasteiger partial charge >= 0.3 is 0 Å². The summed E-state index contributed by atoms with van der Waals surface area (Å²) in [5.74, 6) is -0.370. The Morgan fingerprint density at radius 1 is 1.69 bits per heavy atom. The molecule has 5 heteroatoms. The number of ether oxygens (including phenoxy) is 1. The van der Waals surface area contributed by atoms with Gasteiger partial charge in [-0.05, 0) is 19.9 Å². The van der Waals surface area contributed by atoms with Gasteiger partial charge in [-0.3, -0.25) is 4.79 Å². The molecule has 16 heavy (non-hydrogen) atoms. The van der Waals surface area contributed by atoms with Crippen LogP contribution in [0, 0.1) is 0 Å². The number of nitrogens with two attached hydrogens (primary N) is 1. The summed E-state index contributed by atoms with van der Waals surface area (Å²) in [5.41, 5.74) is 5.76. The van der Waals surface area contributed by atoms with Gasteiger partial charge in [-0.15, -0.1) is 11.3 Å². The minimum absolute atomic E-state index is 0.305. The van der Waals surface area contributed by atoms with E-state index in [0.29, 0.717) is 18.2 Å². The molecule has 3 N–H and O–H groups in total. The van der Waals surface area contributed by atoms with Crippen LogP contribution < -0.4 is 11.1 Å². The van der Waals surface area contributed by atoms with Crippen molar-refractivity contribution in [2.75, 3.05) is 13.2 Å². The van der Waals surface area contributed by atoms with Crippen molar-refractivity contribution in [3.05, 3.63) is 21.9 Å². The molecule has 0 aliphatic carbocycles. The second-order valence-electron chi connectivity index (χ2n) is 3.61. The molecule has 0 aromatic carbocycles. The Bertz CT molecular complexity index is 338. The number of carbonyl (C=O) groups excluding carboxylic acids is 1. The second kappa shape index (κ2) is 6.62. The third-order valence-corrected chi connectivity index (χ3v) is 3.07. The van der Waals surface area contributed by atoms with E-state index in [4.69, 9.17) is 10.5 Å². The van der Waals surface area contributed by atoms with E-state index in [9.17, 15) is 4.79 Å². The number of amides is 1. The Balaban J connectivity index is 2.33. The maximum Gasteiger partial charge on any atom is 0.249 e. The van der Waals surface area contributed by atoms with E-state index < -0.39 is 0 Å². The third-order valence-electron chi connectivity index (χ3n) is 2.14. The number of nitrogens with one attached hydrogen (secondary N) is 1. The summed E-state index contributed by atoms with van der Waals surface area (Å²) in [6, 6.07) is 2.13. The molecule has 1 amide bonds. The van der Waals surface area contributed by atoms with Gasteiger partial charge in [0.15, 0.2) is 0 Å². The van der Waals surface area contributed by atoms with Crippen LogP contribution in [0.3, 0.4) is 0 Å². The average Bonchev–Trinajstić information content (AvgIpc) is 2.72. The van der Waals surface area contributed by atoms with Crippen molar-refractivity contribution in [3.8, 4) is 0 Å². The first kappa shape index (κ1) is 13.2. The number of carbonyl (C=O) groups is 1. The zero-order valence-corrected chi connectivity index (χ0v) is 10.5. The molecule has 0 fully saturated rings. The average molecular weight is 242 g/mol. The fraction of sp³-hybridized carbons (Fsp3) is 0.545. The normalized spacial score (nSPS) is 12.6. The van der Waals surface area contributed by atoms with Crippen LogP contribution in [0.5, 0.6) is 0 Å². The lowest BCUT2D eigenvalue weighted by Gasteiger charge is -2.12. The summed E-state index contributed by atoms with van der Waals surface area (Å²) in [4.78, 5) is 12.0. The van der Waals surface area contributed by atoms with Crippen molar-refractivity contribution in [2.45, 2.75) is 26.4 Å². The van der Waals surface area contributed by atoms with Gasteiger partial charge in [-0.2, -0.15) is 0 Å². The molecule has 0 saturated heterocycles. The van der Waals surface area contributed by atoms with E-state index in [1.54, 1.807) is 5.38 Å². The number of hydrogen-bond acceptors (Lipinski definition) is 4. The lowest BCUT2D eigenvalue weighted by Crippen LogP contribution is -2.29. The molecule has 1 atom stereocenters. The fourth-order valence-electron chi connectivity index (χ4n) is 1.23. The Kier molecular flexibility index (Phi) is 5.45. The van der Waals surface area contributed by atoms with Gasteiger partial charge in [0.1, 0.15) is 0 Å². The summed E-state index contributed by atoms with van der Waals surface area (Å²) in [6.07, 6.45) is 0. The van der Waals surface area contributed by atoms with Crippen molar-refractivity contribution in [2.24, 2.45) is 5.73 Å².